The van der Waals surface area contributed by atoms with Crippen molar-refractivity contribution in [1.82, 2.24) is 10.6 Å². The number of halogens is 1. The molecule has 4 heteroatoms. The Labute approximate surface area is 147 Å². The molecule has 1 aliphatic carbocycles. The number of hydrogen-bond acceptors (Lipinski definition) is 2. The molecule has 1 aliphatic heterocycles. The van der Waals surface area contributed by atoms with Gasteiger partial charge in [0.1, 0.15) is 5.82 Å². The second-order valence-electron chi connectivity index (χ2n) is 7.19. The van der Waals surface area contributed by atoms with Crippen LogP contribution in [-0.4, -0.2) is 5.91 Å². The molecule has 0 saturated heterocycles. The maximum Gasteiger partial charge on any atom is 0.230 e. The van der Waals surface area contributed by atoms with Crippen LogP contribution in [0.5, 0.6) is 0 Å². The zero-order valence-electron chi connectivity index (χ0n) is 14.3. The van der Waals surface area contributed by atoms with Crippen molar-refractivity contribution >= 4 is 5.91 Å². The second kappa shape index (κ2) is 6.60. The lowest BCUT2D eigenvalue weighted by Crippen LogP contribution is -2.42. The normalized spacial score (nSPS) is 18.1. The Kier molecular flexibility index (Phi) is 4.30. The van der Waals surface area contributed by atoms with Crippen LogP contribution in [0.3, 0.4) is 0 Å². The highest BCUT2D eigenvalue weighted by Crippen LogP contribution is 2.41. The van der Waals surface area contributed by atoms with Gasteiger partial charge in [-0.05, 0) is 47.2 Å². The van der Waals surface area contributed by atoms with Gasteiger partial charge in [-0.1, -0.05) is 43.2 Å². The second-order valence-corrected chi connectivity index (χ2v) is 7.19. The number of fused-ring (bicyclic) bond motifs is 1. The maximum atomic E-state index is 13.3. The van der Waals surface area contributed by atoms with Crippen LogP contribution >= 0.6 is 0 Å². The highest BCUT2D eigenvalue weighted by Gasteiger charge is 2.42. The highest BCUT2D eigenvalue weighted by molar-refractivity contribution is 5.88. The average molecular weight is 338 g/mol. The van der Waals surface area contributed by atoms with Crippen LogP contribution in [0, 0.1) is 5.82 Å². The first kappa shape index (κ1) is 16.3. The Balaban J connectivity index is 1.51. The van der Waals surface area contributed by atoms with Gasteiger partial charge in [-0.25, -0.2) is 4.39 Å². The fourth-order valence-electron chi connectivity index (χ4n) is 4.20. The molecule has 3 nitrogen and oxygen atoms in total. The first-order valence-electron chi connectivity index (χ1n) is 9.03. The minimum absolute atomic E-state index is 0.0650. The molecule has 0 bridgehead atoms. The van der Waals surface area contributed by atoms with E-state index < -0.39 is 5.41 Å². The number of nitrogens with one attached hydrogen (secondary N) is 2. The predicted molar refractivity (Wildman–Crippen MR) is 95.4 cm³/mol. The molecule has 2 aromatic rings. The molecule has 1 amide bonds. The molecule has 0 unspecified atom stereocenters. The van der Waals surface area contributed by atoms with E-state index in [9.17, 15) is 9.18 Å². The van der Waals surface area contributed by atoms with E-state index in [4.69, 9.17) is 0 Å². The third-order valence-corrected chi connectivity index (χ3v) is 5.64. The van der Waals surface area contributed by atoms with Gasteiger partial charge >= 0.3 is 0 Å². The van der Waals surface area contributed by atoms with Gasteiger partial charge in [0.05, 0.1) is 5.41 Å². The average Bonchev–Trinajstić information content (AvgIpc) is 3.29. The van der Waals surface area contributed by atoms with E-state index in [-0.39, 0.29) is 11.7 Å². The largest absolute Gasteiger partial charge is 0.351 e. The molecule has 130 valence electrons. The number of amides is 1. The summed E-state index contributed by atoms with van der Waals surface area (Å²) in [5.41, 5.74) is 4.21. The summed E-state index contributed by atoms with van der Waals surface area (Å²) in [5, 5.41) is 6.47. The number of rotatable bonds is 4. The molecule has 0 spiro atoms. The van der Waals surface area contributed by atoms with Crippen molar-refractivity contribution in [3.63, 3.8) is 0 Å². The van der Waals surface area contributed by atoms with Gasteiger partial charge in [0.2, 0.25) is 5.91 Å². The molecular weight excluding hydrogens is 315 g/mol. The molecule has 2 aromatic carbocycles. The number of carbonyl (C=O) groups is 1. The van der Waals surface area contributed by atoms with E-state index >= 15 is 0 Å². The van der Waals surface area contributed by atoms with Crippen LogP contribution in [0.4, 0.5) is 4.39 Å². The molecule has 0 atom stereocenters. The van der Waals surface area contributed by atoms with Crippen molar-refractivity contribution in [2.45, 2.75) is 50.7 Å². The lowest BCUT2D eigenvalue weighted by molar-refractivity contribution is -0.126. The summed E-state index contributed by atoms with van der Waals surface area (Å²) in [6.07, 6.45) is 3.74. The molecule has 1 heterocycles. The van der Waals surface area contributed by atoms with E-state index in [0.29, 0.717) is 6.54 Å². The molecule has 1 saturated carbocycles. The zero-order chi connectivity index (χ0) is 17.3. The van der Waals surface area contributed by atoms with Crippen molar-refractivity contribution in [2.75, 3.05) is 0 Å². The summed E-state index contributed by atoms with van der Waals surface area (Å²) < 4.78 is 13.3. The summed E-state index contributed by atoms with van der Waals surface area (Å²) in [6.45, 7) is 2.36. The smallest absolute Gasteiger partial charge is 0.230 e. The lowest BCUT2D eigenvalue weighted by Gasteiger charge is -2.28. The first-order chi connectivity index (χ1) is 12.2. The molecular formula is C21H23FN2O. The summed E-state index contributed by atoms with van der Waals surface area (Å²) in [6, 6.07) is 12.8. The Morgan fingerprint density at radius 3 is 2.52 bits per heavy atom. The van der Waals surface area contributed by atoms with Gasteiger partial charge in [-0.15, -0.1) is 0 Å². The fourth-order valence-corrected chi connectivity index (χ4v) is 4.20. The molecule has 2 N–H and O–H groups in total. The van der Waals surface area contributed by atoms with Crippen molar-refractivity contribution in [3.05, 3.63) is 70.5 Å². The minimum Gasteiger partial charge on any atom is -0.351 e. The Bertz CT molecular complexity index is 779. The van der Waals surface area contributed by atoms with Gasteiger partial charge in [0.15, 0.2) is 0 Å². The van der Waals surface area contributed by atoms with Crippen LogP contribution in [0.25, 0.3) is 0 Å². The summed E-state index contributed by atoms with van der Waals surface area (Å²) in [4.78, 5) is 13.0. The molecule has 2 aliphatic rings. The fraction of sp³-hybridized carbons (Fsp3) is 0.381. The van der Waals surface area contributed by atoms with Gasteiger partial charge in [-0.2, -0.15) is 0 Å². The lowest BCUT2D eigenvalue weighted by atomic mass is 9.78. The van der Waals surface area contributed by atoms with E-state index in [0.717, 1.165) is 49.9 Å². The molecule has 0 aromatic heterocycles. The van der Waals surface area contributed by atoms with E-state index in [2.05, 4.69) is 28.8 Å². The van der Waals surface area contributed by atoms with Crippen LogP contribution in [0.2, 0.25) is 0 Å². The molecule has 25 heavy (non-hydrogen) atoms. The van der Waals surface area contributed by atoms with Crippen molar-refractivity contribution in [2.24, 2.45) is 0 Å². The number of hydrogen-bond donors (Lipinski definition) is 2. The topological polar surface area (TPSA) is 41.1 Å². The van der Waals surface area contributed by atoms with Crippen LogP contribution in [-0.2, 0) is 29.8 Å². The first-order valence-corrected chi connectivity index (χ1v) is 9.03. The van der Waals surface area contributed by atoms with E-state index in [1.54, 1.807) is 12.1 Å². The zero-order valence-corrected chi connectivity index (χ0v) is 14.3. The van der Waals surface area contributed by atoms with Crippen molar-refractivity contribution < 1.29 is 9.18 Å². The predicted octanol–water partition coefficient (Wildman–Crippen LogP) is 3.56. The Morgan fingerprint density at radius 1 is 1.04 bits per heavy atom. The van der Waals surface area contributed by atoms with Gasteiger partial charge in [0.25, 0.3) is 0 Å². The quantitative estimate of drug-likeness (QED) is 0.895. The van der Waals surface area contributed by atoms with Crippen LogP contribution in [0.15, 0.2) is 42.5 Å². The minimum atomic E-state index is -0.508. The summed E-state index contributed by atoms with van der Waals surface area (Å²) >= 11 is 0. The third-order valence-electron chi connectivity index (χ3n) is 5.64. The summed E-state index contributed by atoms with van der Waals surface area (Å²) in [7, 11) is 0. The molecule has 0 radical (unpaired) electrons. The van der Waals surface area contributed by atoms with E-state index in [1.165, 1.54) is 23.3 Å². The van der Waals surface area contributed by atoms with Crippen molar-refractivity contribution in [1.29, 1.82) is 0 Å². The van der Waals surface area contributed by atoms with Gasteiger partial charge < -0.3 is 10.6 Å². The van der Waals surface area contributed by atoms with E-state index in [1.807, 2.05) is 0 Å². The molecule has 4 rings (SSSR count). The SMILES string of the molecule is O=C(NCc1ccc2c(c1)CNC2)C1(c2ccc(F)cc2)CCCC1. The standard InChI is InChI=1S/C21H23FN2O/c22-19-7-5-18(6-8-19)21(9-1-2-10-21)20(25)24-12-15-3-4-16-13-23-14-17(16)11-15/h3-8,11,23H,1-2,9-10,12-14H2,(H,24,25). The summed E-state index contributed by atoms with van der Waals surface area (Å²) in [5.74, 6) is -0.195. The van der Waals surface area contributed by atoms with Gasteiger partial charge in [-0.3, -0.25) is 4.79 Å². The van der Waals surface area contributed by atoms with Crippen molar-refractivity contribution in [3.8, 4) is 0 Å². The van der Waals surface area contributed by atoms with Gasteiger partial charge in [0, 0.05) is 19.6 Å². The third kappa shape index (κ3) is 3.07. The number of carbonyl (C=O) groups excluding carboxylic acids is 1. The van der Waals surface area contributed by atoms with Crippen LogP contribution in [0.1, 0.15) is 47.9 Å². The Morgan fingerprint density at radius 2 is 1.76 bits per heavy atom. The monoisotopic (exact) mass is 338 g/mol. The van der Waals surface area contributed by atoms with Crippen LogP contribution < -0.4 is 10.6 Å². The maximum absolute atomic E-state index is 13.3. The number of benzene rings is 2. The Hall–Kier alpha value is -2.20. The highest BCUT2D eigenvalue weighted by atomic mass is 19.1. The molecule has 1 fully saturated rings.